The van der Waals surface area contributed by atoms with E-state index in [0.29, 0.717) is 6.04 Å². The molecule has 0 aromatic carbocycles. The van der Waals surface area contributed by atoms with E-state index in [-0.39, 0.29) is 17.2 Å². The molecule has 1 aromatic rings. The van der Waals surface area contributed by atoms with Crippen LogP contribution in [0.25, 0.3) is 0 Å². The average Bonchev–Trinajstić information content (AvgIpc) is 3.10. The van der Waals surface area contributed by atoms with Crippen LogP contribution in [0.5, 0.6) is 0 Å². The Hall–Kier alpha value is -1.63. The number of amides is 1. The summed E-state index contributed by atoms with van der Waals surface area (Å²) in [6.45, 7) is 12.9. The minimum absolute atomic E-state index is 0.0774. The number of piperidine rings is 1. The molecule has 2 N–H and O–H groups in total. The number of hydrogen-bond donors (Lipinski definition) is 2. The third-order valence-corrected chi connectivity index (χ3v) is 5.73. The number of aliphatic imine (C=N–C) groups is 1. The van der Waals surface area contributed by atoms with Gasteiger partial charge in [-0.3, -0.25) is 9.79 Å². The van der Waals surface area contributed by atoms with Crippen molar-refractivity contribution in [3.8, 4) is 0 Å². The highest BCUT2D eigenvalue weighted by Gasteiger charge is 2.24. The predicted molar refractivity (Wildman–Crippen MR) is 113 cm³/mol. The fourth-order valence-electron chi connectivity index (χ4n) is 3.06. The van der Waals surface area contributed by atoms with Gasteiger partial charge in [-0.2, -0.15) is 0 Å². The third kappa shape index (κ3) is 6.48. The number of carbonyl (C=O) groups excluding carboxylic acids is 1. The van der Waals surface area contributed by atoms with Crippen molar-refractivity contribution in [1.82, 2.24) is 20.5 Å². The van der Waals surface area contributed by atoms with Gasteiger partial charge in [0.15, 0.2) is 5.96 Å². The molecule has 0 atom stereocenters. The minimum atomic E-state index is 0.0774. The van der Waals surface area contributed by atoms with Crippen molar-refractivity contribution in [2.45, 2.75) is 65.3 Å². The van der Waals surface area contributed by atoms with E-state index in [1.165, 1.54) is 0 Å². The van der Waals surface area contributed by atoms with Gasteiger partial charge in [-0.15, -0.1) is 11.3 Å². The van der Waals surface area contributed by atoms with E-state index in [4.69, 9.17) is 4.98 Å². The Morgan fingerprint density at radius 3 is 2.56 bits per heavy atom. The van der Waals surface area contributed by atoms with Crippen molar-refractivity contribution in [1.29, 1.82) is 0 Å². The molecule has 2 rings (SSSR count). The van der Waals surface area contributed by atoms with Gasteiger partial charge in [-0.05, 0) is 12.8 Å². The van der Waals surface area contributed by atoms with Crippen molar-refractivity contribution < 1.29 is 4.79 Å². The molecular weight excluding hydrogens is 358 g/mol. The largest absolute Gasteiger partial charge is 0.356 e. The van der Waals surface area contributed by atoms with Gasteiger partial charge in [0.2, 0.25) is 5.91 Å². The van der Waals surface area contributed by atoms with Crippen LogP contribution >= 0.6 is 11.3 Å². The van der Waals surface area contributed by atoms with Gasteiger partial charge in [-0.25, -0.2) is 4.98 Å². The maximum absolute atomic E-state index is 12.1. The molecule has 152 valence electrons. The number of carbonyl (C=O) groups is 1. The van der Waals surface area contributed by atoms with E-state index >= 15 is 0 Å². The van der Waals surface area contributed by atoms with Gasteiger partial charge in [0, 0.05) is 55.9 Å². The topological polar surface area (TPSA) is 69.6 Å². The molecule has 0 radical (unpaired) electrons. The third-order valence-electron chi connectivity index (χ3n) is 4.82. The smallest absolute Gasteiger partial charge is 0.225 e. The van der Waals surface area contributed by atoms with E-state index in [2.05, 4.69) is 41.8 Å². The zero-order valence-corrected chi connectivity index (χ0v) is 18.4. The summed E-state index contributed by atoms with van der Waals surface area (Å²) in [6, 6.07) is 0.361. The van der Waals surface area contributed by atoms with E-state index in [0.717, 1.165) is 55.6 Å². The average molecular weight is 394 g/mol. The highest BCUT2D eigenvalue weighted by Crippen LogP contribution is 2.23. The van der Waals surface area contributed by atoms with Gasteiger partial charge >= 0.3 is 0 Å². The van der Waals surface area contributed by atoms with Crippen LogP contribution in [0, 0.1) is 5.92 Å². The highest BCUT2D eigenvalue weighted by molar-refractivity contribution is 7.09. The maximum atomic E-state index is 12.1. The van der Waals surface area contributed by atoms with Crippen LogP contribution in [0.2, 0.25) is 0 Å². The van der Waals surface area contributed by atoms with Crippen LogP contribution < -0.4 is 10.6 Å². The molecule has 0 bridgehead atoms. The summed E-state index contributed by atoms with van der Waals surface area (Å²) in [5.41, 5.74) is 1.26. The van der Waals surface area contributed by atoms with Crippen molar-refractivity contribution in [2.75, 3.05) is 26.7 Å². The number of thiazole rings is 1. The van der Waals surface area contributed by atoms with Gasteiger partial charge in [0.25, 0.3) is 0 Å². The van der Waals surface area contributed by atoms with E-state index in [1.54, 1.807) is 18.4 Å². The molecule has 27 heavy (non-hydrogen) atoms. The number of rotatable bonds is 5. The Balaban J connectivity index is 1.74. The van der Waals surface area contributed by atoms with Gasteiger partial charge in [-0.1, -0.05) is 34.6 Å². The van der Waals surface area contributed by atoms with Crippen LogP contribution in [0.3, 0.4) is 0 Å². The molecule has 1 aliphatic rings. The lowest BCUT2D eigenvalue weighted by Crippen LogP contribution is -2.50. The number of nitrogens with one attached hydrogen (secondary N) is 2. The van der Waals surface area contributed by atoms with Crippen LogP contribution in [0.1, 0.15) is 58.2 Å². The van der Waals surface area contributed by atoms with Crippen molar-refractivity contribution in [3.63, 3.8) is 0 Å². The van der Waals surface area contributed by atoms with Crippen LogP contribution in [0.15, 0.2) is 10.4 Å². The van der Waals surface area contributed by atoms with E-state index in [9.17, 15) is 4.79 Å². The summed E-state index contributed by atoms with van der Waals surface area (Å²) in [5, 5.41) is 10.2. The lowest BCUT2D eigenvalue weighted by Gasteiger charge is -2.34. The van der Waals surface area contributed by atoms with Crippen LogP contribution in [0.4, 0.5) is 0 Å². The fraction of sp³-hybridized carbons (Fsp3) is 0.750. The first-order chi connectivity index (χ1) is 12.7. The second kappa shape index (κ2) is 9.53. The molecule has 0 aliphatic carbocycles. The molecule has 0 spiro atoms. The molecule has 1 saturated heterocycles. The van der Waals surface area contributed by atoms with Gasteiger partial charge in [0.1, 0.15) is 0 Å². The first kappa shape index (κ1) is 21.7. The fourth-order valence-corrected chi connectivity index (χ4v) is 4.08. The van der Waals surface area contributed by atoms with Crippen molar-refractivity contribution >= 4 is 23.2 Å². The Bertz CT molecular complexity index is 639. The molecule has 1 aromatic heterocycles. The summed E-state index contributed by atoms with van der Waals surface area (Å²) in [5.74, 6) is 1.17. The number of hydrogen-bond acceptors (Lipinski definition) is 4. The summed E-state index contributed by atoms with van der Waals surface area (Å²) < 4.78 is 0. The van der Waals surface area contributed by atoms with Gasteiger partial charge in [0.05, 0.1) is 10.7 Å². The summed E-state index contributed by atoms with van der Waals surface area (Å²) >= 11 is 1.73. The SMILES string of the molecule is CN=C(NCCc1nc(C(C)(C)C)cs1)NC1CCN(C(=O)C(C)C)CC1. The number of nitrogens with zero attached hydrogens (tertiary/aromatic N) is 3. The van der Waals surface area contributed by atoms with Gasteiger partial charge < -0.3 is 15.5 Å². The molecule has 0 saturated carbocycles. The molecule has 1 amide bonds. The Kier molecular flexibility index (Phi) is 7.65. The van der Waals surface area contributed by atoms with Crippen LogP contribution in [-0.2, 0) is 16.6 Å². The lowest BCUT2D eigenvalue weighted by molar-refractivity contribution is -0.135. The summed E-state index contributed by atoms with van der Waals surface area (Å²) in [4.78, 5) is 23.1. The lowest BCUT2D eigenvalue weighted by atomic mass is 9.93. The van der Waals surface area contributed by atoms with Crippen LogP contribution in [-0.4, -0.2) is 54.5 Å². The number of aromatic nitrogens is 1. The second-order valence-electron chi connectivity index (χ2n) is 8.52. The predicted octanol–water partition coefficient (Wildman–Crippen LogP) is 2.80. The Labute approximate surface area is 167 Å². The molecule has 2 heterocycles. The highest BCUT2D eigenvalue weighted by atomic mass is 32.1. The molecule has 1 fully saturated rings. The number of guanidine groups is 1. The van der Waals surface area contributed by atoms with Crippen molar-refractivity contribution in [2.24, 2.45) is 10.9 Å². The molecule has 7 heteroatoms. The standard InChI is InChI=1S/C20H35N5OS/c1-14(2)18(26)25-11-8-15(9-12-25)23-19(21-6)22-10-7-17-24-16(13-27-17)20(3,4)5/h13-15H,7-12H2,1-6H3,(H2,21,22,23). The quantitative estimate of drug-likeness (QED) is 0.596. The number of likely N-dealkylation sites (tertiary alicyclic amines) is 1. The normalized spacial score (nSPS) is 16.7. The van der Waals surface area contributed by atoms with E-state index in [1.807, 2.05) is 18.7 Å². The first-order valence-corrected chi connectivity index (χ1v) is 10.8. The zero-order chi connectivity index (χ0) is 20.0. The Morgan fingerprint density at radius 2 is 2.04 bits per heavy atom. The monoisotopic (exact) mass is 393 g/mol. The zero-order valence-electron chi connectivity index (χ0n) is 17.6. The summed E-state index contributed by atoms with van der Waals surface area (Å²) in [7, 11) is 1.80. The minimum Gasteiger partial charge on any atom is -0.356 e. The molecular formula is C20H35N5OS. The summed E-state index contributed by atoms with van der Waals surface area (Å²) in [6.07, 6.45) is 2.81. The van der Waals surface area contributed by atoms with E-state index < -0.39 is 0 Å². The first-order valence-electron chi connectivity index (χ1n) is 9.91. The molecule has 0 unspecified atom stereocenters. The molecule has 1 aliphatic heterocycles. The maximum Gasteiger partial charge on any atom is 0.225 e. The second-order valence-corrected chi connectivity index (χ2v) is 9.47. The molecule has 6 nitrogen and oxygen atoms in total. The van der Waals surface area contributed by atoms with Crippen molar-refractivity contribution in [3.05, 3.63) is 16.1 Å². The Morgan fingerprint density at radius 1 is 1.37 bits per heavy atom.